The average Bonchev–Trinajstić information content (AvgIpc) is 2.17. The van der Waals surface area contributed by atoms with Gasteiger partial charge in [0.05, 0.1) is 6.54 Å². The van der Waals surface area contributed by atoms with Crippen LogP contribution in [0.4, 0.5) is 0 Å². The van der Waals surface area contributed by atoms with Crippen LogP contribution in [-0.2, 0) is 9.63 Å². The molecule has 0 atom stereocenters. The molecular formula is C6H14N6O2. The maximum atomic E-state index is 10.7. The molecule has 0 spiro atoms. The Kier molecular flexibility index (Phi) is 5.00. The summed E-state index contributed by atoms with van der Waals surface area (Å²) in [5.41, 5.74) is 10.3. The molecule has 0 amide bonds. The van der Waals surface area contributed by atoms with Crippen LogP contribution in [0.15, 0.2) is 4.99 Å². The lowest BCUT2D eigenvalue weighted by atomic mass is 10.7. The van der Waals surface area contributed by atoms with E-state index in [0.29, 0.717) is 0 Å². The van der Waals surface area contributed by atoms with Gasteiger partial charge in [0.2, 0.25) is 5.96 Å². The summed E-state index contributed by atoms with van der Waals surface area (Å²) in [5.74, 6) is -0.813. The van der Waals surface area contributed by atoms with Crippen LogP contribution in [0.1, 0.15) is 0 Å². The molecule has 80 valence electrons. The Morgan fingerprint density at radius 3 is 2.71 bits per heavy atom. The molecule has 0 aromatic rings. The molecule has 0 rings (SSSR count). The van der Waals surface area contributed by atoms with Crippen LogP contribution < -0.4 is 16.8 Å². The first-order valence-corrected chi connectivity index (χ1v) is 3.73. The van der Waals surface area contributed by atoms with E-state index in [9.17, 15) is 4.79 Å². The quantitative estimate of drug-likeness (QED) is 0.217. The van der Waals surface area contributed by atoms with E-state index in [1.54, 1.807) is 0 Å². The summed E-state index contributed by atoms with van der Waals surface area (Å²) in [6, 6.07) is 0. The minimum absolute atomic E-state index is 0.0469. The minimum Gasteiger partial charge on any atom is -0.370 e. The van der Waals surface area contributed by atoms with Crippen molar-refractivity contribution in [3.8, 4) is 0 Å². The van der Waals surface area contributed by atoms with Crippen LogP contribution in [0.5, 0.6) is 0 Å². The number of guanidine groups is 2. The molecule has 0 radical (unpaired) electrons. The third-order valence-electron chi connectivity index (χ3n) is 1.21. The van der Waals surface area contributed by atoms with Crippen molar-refractivity contribution in [1.82, 2.24) is 10.4 Å². The van der Waals surface area contributed by atoms with Gasteiger partial charge in [0.25, 0.3) is 0 Å². The second-order valence-electron chi connectivity index (χ2n) is 2.25. The molecule has 0 aromatic heterocycles. The molecule has 8 heteroatoms. The predicted molar refractivity (Wildman–Crippen MR) is 51.3 cm³/mol. The molecule has 8 nitrogen and oxygen atoms in total. The van der Waals surface area contributed by atoms with E-state index in [0.717, 1.165) is 5.06 Å². The van der Waals surface area contributed by atoms with Crippen molar-refractivity contribution in [2.45, 2.75) is 0 Å². The van der Waals surface area contributed by atoms with Crippen molar-refractivity contribution in [2.75, 3.05) is 20.6 Å². The maximum absolute atomic E-state index is 10.7. The third-order valence-corrected chi connectivity index (χ3v) is 1.21. The number of hydrogen-bond donors (Lipinski definition) is 4. The van der Waals surface area contributed by atoms with Gasteiger partial charge in [-0.15, -0.1) is 0 Å². The summed E-state index contributed by atoms with van der Waals surface area (Å²) in [5, 5.41) is 10.6. The fourth-order valence-electron chi connectivity index (χ4n) is 0.492. The van der Waals surface area contributed by atoms with E-state index in [-0.39, 0.29) is 18.5 Å². The number of aliphatic imine (C=N–C) groups is 1. The van der Waals surface area contributed by atoms with Crippen molar-refractivity contribution >= 4 is 17.9 Å². The summed E-state index contributed by atoms with van der Waals surface area (Å²) >= 11 is 0. The molecule has 0 saturated carbocycles. The second kappa shape index (κ2) is 5.75. The molecule has 0 aliphatic carbocycles. The largest absolute Gasteiger partial charge is 0.370 e. The van der Waals surface area contributed by atoms with Crippen molar-refractivity contribution < 1.29 is 9.63 Å². The zero-order valence-electron chi connectivity index (χ0n) is 8.07. The molecule has 0 aliphatic rings. The zero-order chi connectivity index (χ0) is 11.1. The topological polar surface area (TPSA) is 130 Å². The third kappa shape index (κ3) is 4.26. The van der Waals surface area contributed by atoms with Gasteiger partial charge in [-0.1, -0.05) is 0 Å². The lowest BCUT2D eigenvalue weighted by Crippen LogP contribution is -2.45. The van der Waals surface area contributed by atoms with E-state index in [1.165, 1.54) is 14.1 Å². The highest BCUT2D eigenvalue weighted by Crippen LogP contribution is 1.85. The summed E-state index contributed by atoms with van der Waals surface area (Å²) in [6.07, 6.45) is 0. The Morgan fingerprint density at radius 1 is 1.71 bits per heavy atom. The normalized spacial score (nSPS) is 10.6. The molecule has 0 heterocycles. The Labute approximate surface area is 81.4 Å². The highest BCUT2D eigenvalue weighted by atomic mass is 16.7. The Hall–Kier alpha value is -1.83. The van der Waals surface area contributed by atoms with E-state index in [4.69, 9.17) is 16.9 Å². The van der Waals surface area contributed by atoms with Crippen LogP contribution in [-0.4, -0.2) is 43.6 Å². The molecule has 0 aromatic carbocycles. The lowest BCUT2D eigenvalue weighted by molar-refractivity contribution is -0.167. The fourth-order valence-corrected chi connectivity index (χ4v) is 0.492. The van der Waals surface area contributed by atoms with Gasteiger partial charge < -0.3 is 16.3 Å². The Balaban J connectivity index is 4.06. The van der Waals surface area contributed by atoms with E-state index in [1.807, 2.05) is 0 Å². The SMILES string of the molecule is CN=C(N)NC(=N)N(C)OC(=O)CN. The standard InChI is InChI=1S/C6H14N6O2/c1-10-5(8)11-6(9)12(2)14-4(13)3-7/h3,7H2,1-2H3,(H4,8,9,10,11). The van der Waals surface area contributed by atoms with Gasteiger partial charge in [0, 0.05) is 14.1 Å². The molecule has 0 bridgehead atoms. The molecule has 0 aliphatic heterocycles. The Morgan fingerprint density at radius 2 is 2.29 bits per heavy atom. The number of nitrogens with one attached hydrogen (secondary N) is 2. The van der Waals surface area contributed by atoms with Crippen molar-refractivity contribution in [1.29, 1.82) is 5.41 Å². The number of carbonyl (C=O) groups is 1. The number of carbonyl (C=O) groups excluding carboxylic acids is 1. The van der Waals surface area contributed by atoms with Crippen LogP contribution in [0.25, 0.3) is 0 Å². The summed E-state index contributed by atoms with van der Waals surface area (Å²) in [7, 11) is 2.83. The number of nitrogens with zero attached hydrogens (tertiary/aromatic N) is 2. The first-order valence-electron chi connectivity index (χ1n) is 3.73. The van der Waals surface area contributed by atoms with Gasteiger partial charge in [0.1, 0.15) is 0 Å². The molecule has 0 unspecified atom stereocenters. The summed E-state index contributed by atoms with van der Waals surface area (Å²) in [4.78, 5) is 18.8. The van der Waals surface area contributed by atoms with E-state index in [2.05, 4.69) is 15.1 Å². The monoisotopic (exact) mass is 202 g/mol. The van der Waals surface area contributed by atoms with Gasteiger partial charge in [-0.05, 0) is 0 Å². The molecule has 6 N–H and O–H groups in total. The zero-order valence-corrected chi connectivity index (χ0v) is 8.07. The second-order valence-corrected chi connectivity index (χ2v) is 2.25. The number of hydroxylamine groups is 2. The lowest BCUT2D eigenvalue weighted by Gasteiger charge is -2.18. The van der Waals surface area contributed by atoms with Crippen LogP contribution >= 0.6 is 0 Å². The number of nitrogens with two attached hydrogens (primary N) is 2. The highest BCUT2D eigenvalue weighted by molar-refractivity contribution is 5.96. The smallest absolute Gasteiger partial charge is 0.345 e. The molecular weight excluding hydrogens is 188 g/mol. The maximum Gasteiger partial charge on any atom is 0.345 e. The first kappa shape index (κ1) is 12.2. The van der Waals surface area contributed by atoms with Gasteiger partial charge >= 0.3 is 5.97 Å². The van der Waals surface area contributed by atoms with Crippen molar-refractivity contribution in [3.05, 3.63) is 0 Å². The summed E-state index contributed by atoms with van der Waals surface area (Å²) < 4.78 is 0. The molecule has 0 fully saturated rings. The van der Waals surface area contributed by atoms with Gasteiger partial charge in [-0.2, -0.15) is 5.06 Å². The van der Waals surface area contributed by atoms with Crippen LogP contribution in [0.3, 0.4) is 0 Å². The van der Waals surface area contributed by atoms with Crippen molar-refractivity contribution in [2.24, 2.45) is 16.5 Å². The fraction of sp³-hybridized carbons (Fsp3) is 0.500. The van der Waals surface area contributed by atoms with E-state index < -0.39 is 5.97 Å². The summed E-state index contributed by atoms with van der Waals surface area (Å²) in [6.45, 7) is -0.255. The van der Waals surface area contributed by atoms with Gasteiger partial charge in [-0.25, -0.2) is 4.79 Å². The number of hydrogen-bond acceptors (Lipinski definition) is 5. The number of rotatable bonds is 1. The van der Waals surface area contributed by atoms with E-state index >= 15 is 0 Å². The highest BCUT2D eigenvalue weighted by Gasteiger charge is 2.09. The first-order chi connectivity index (χ1) is 6.51. The predicted octanol–water partition coefficient (Wildman–Crippen LogP) is -2.20. The Bertz CT molecular complexity index is 251. The molecule has 0 saturated heterocycles. The van der Waals surface area contributed by atoms with Crippen LogP contribution in [0, 0.1) is 5.41 Å². The molecule has 14 heavy (non-hydrogen) atoms. The van der Waals surface area contributed by atoms with Crippen molar-refractivity contribution in [3.63, 3.8) is 0 Å². The minimum atomic E-state index is -0.647. The van der Waals surface area contributed by atoms with Crippen LogP contribution in [0.2, 0.25) is 0 Å². The van der Waals surface area contributed by atoms with Gasteiger partial charge in [-0.3, -0.25) is 15.7 Å². The van der Waals surface area contributed by atoms with Gasteiger partial charge in [0.15, 0.2) is 5.96 Å². The average molecular weight is 202 g/mol.